The molecule has 8 heteroatoms. The predicted octanol–water partition coefficient (Wildman–Crippen LogP) is 28.2. The topological polar surface area (TPSA) is 105 Å². The Morgan fingerprint density at radius 1 is 0.215 bits per heavy atom. The summed E-state index contributed by atoms with van der Waals surface area (Å²) in [6, 6.07) is 0. The highest BCUT2D eigenvalue weighted by molar-refractivity contribution is 5.72. The monoisotopic (exact) mass is 1310 g/mol. The molecule has 8 nitrogen and oxygen atoms in total. The van der Waals surface area contributed by atoms with E-state index in [1.54, 1.807) is 0 Å². The van der Waals surface area contributed by atoms with Crippen LogP contribution < -0.4 is 0 Å². The maximum Gasteiger partial charge on any atom is 0.308 e. The Hall–Kier alpha value is -2.12. The first-order valence-corrected chi connectivity index (χ1v) is 42.4. The number of esters is 4. The van der Waals surface area contributed by atoms with Crippen molar-refractivity contribution in [3.8, 4) is 0 Å². The van der Waals surface area contributed by atoms with E-state index in [0.717, 1.165) is 77.0 Å². The van der Waals surface area contributed by atoms with Crippen LogP contribution in [-0.4, -0.2) is 50.3 Å². The van der Waals surface area contributed by atoms with E-state index < -0.39 is 5.41 Å². The molecule has 0 aliphatic rings. The molecular formula is C85H164O8. The Balaban J connectivity index is 5.48. The molecule has 0 saturated heterocycles. The van der Waals surface area contributed by atoms with Crippen LogP contribution in [0.4, 0.5) is 0 Å². The van der Waals surface area contributed by atoms with Crippen molar-refractivity contribution in [1.82, 2.24) is 0 Å². The number of hydrogen-bond acceptors (Lipinski definition) is 8. The molecular weight excluding hydrogens is 1150 g/mol. The lowest BCUT2D eigenvalue weighted by Crippen LogP contribution is -2.44. The molecule has 0 heterocycles. The van der Waals surface area contributed by atoms with E-state index in [9.17, 15) is 19.2 Å². The van der Waals surface area contributed by atoms with Gasteiger partial charge in [0, 0.05) is 19.3 Å². The third-order valence-electron chi connectivity index (χ3n) is 20.2. The van der Waals surface area contributed by atoms with E-state index in [-0.39, 0.29) is 56.2 Å². The van der Waals surface area contributed by atoms with Crippen LogP contribution in [0.5, 0.6) is 0 Å². The van der Waals surface area contributed by atoms with Gasteiger partial charge in [-0.3, -0.25) is 19.2 Å². The first kappa shape index (κ1) is 90.9. The van der Waals surface area contributed by atoms with E-state index in [1.807, 2.05) is 6.92 Å². The molecule has 1 atom stereocenters. The van der Waals surface area contributed by atoms with Crippen LogP contribution in [0.15, 0.2) is 0 Å². The second-order valence-corrected chi connectivity index (χ2v) is 29.9. The van der Waals surface area contributed by atoms with Crippen LogP contribution in [0.2, 0.25) is 0 Å². The number of carbonyl (C=O) groups excluding carboxylic acids is 4. The normalized spacial score (nSPS) is 12.0. The maximum absolute atomic E-state index is 13.8. The van der Waals surface area contributed by atoms with Gasteiger partial charge in [0.05, 0.1) is 5.92 Å². The van der Waals surface area contributed by atoms with Gasteiger partial charge in [0.15, 0.2) is 0 Å². The molecule has 0 amide bonds. The van der Waals surface area contributed by atoms with Crippen molar-refractivity contribution in [3.63, 3.8) is 0 Å². The van der Waals surface area contributed by atoms with Crippen molar-refractivity contribution >= 4 is 23.9 Å². The highest BCUT2D eigenvalue weighted by Gasteiger charge is 2.38. The second-order valence-electron chi connectivity index (χ2n) is 29.9. The van der Waals surface area contributed by atoms with Crippen molar-refractivity contribution < 1.29 is 38.1 Å². The molecule has 0 aromatic heterocycles. The Morgan fingerprint density at radius 2 is 0.366 bits per heavy atom. The summed E-state index contributed by atoms with van der Waals surface area (Å²) in [7, 11) is 0. The largest absolute Gasteiger partial charge is 0.465 e. The average molecular weight is 1310 g/mol. The minimum Gasteiger partial charge on any atom is -0.465 e. The van der Waals surface area contributed by atoms with Gasteiger partial charge in [-0.1, -0.05) is 439 Å². The van der Waals surface area contributed by atoms with Crippen molar-refractivity contribution in [2.24, 2.45) is 11.3 Å². The Morgan fingerprint density at radius 3 is 0.548 bits per heavy atom. The van der Waals surface area contributed by atoms with Crippen LogP contribution in [0, 0.1) is 11.3 Å². The summed E-state index contributed by atoms with van der Waals surface area (Å²) in [6.45, 7) is 10.4. The minimum atomic E-state index is -1.22. The molecule has 0 radical (unpaired) electrons. The smallest absolute Gasteiger partial charge is 0.308 e. The van der Waals surface area contributed by atoms with Gasteiger partial charge in [0.25, 0.3) is 0 Å². The van der Waals surface area contributed by atoms with Gasteiger partial charge in [-0.2, -0.15) is 0 Å². The minimum absolute atomic E-state index is 0.162. The summed E-state index contributed by atoms with van der Waals surface area (Å²) in [5, 5.41) is 0. The fraction of sp³-hybridized carbons (Fsp3) is 0.953. The molecule has 0 saturated carbocycles. The van der Waals surface area contributed by atoms with Crippen LogP contribution in [0.25, 0.3) is 0 Å². The van der Waals surface area contributed by atoms with Crippen LogP contribution in [-0.2, 0) is 38.1 Å². The lowest BCUT2D eigenvalue weighted by atomic mass is 9.91. The van der Waals surface area contributed by atoms with E-state index in [0.29, 0.717) is 19.3 Å². The summed E-state index contributed by atoms with van der Waals surface area (Å²) in [6.07, 6.45) is 86.1. The molecule has 552 valence electrons. The van der Waals surface area contributed by atoms with Gasteiger partial charge in [-0.25, -0.2) is 0 Å². The summed E-state index contributed by atoms with van der Waals surface area (Å²) >= 11 is 0. The number of unbranched alkanes of at least 4 members (excludes halogenated alkanes) is 62. The second kappa shape index (κ2) is 75.6. The molecule has 0 aromatic rings. The average Bonchev–Trinajstić information content (AvgIpc) is 1.83. The summed E-state index contributed by atoms with van der Waals surface area (Å²) in [5.41, 5.74) is -1.22. The highest BCUT2D eigenvalue weighted by atomic mass is 16.6. The van der Waals surface area contributed by atoms with E-state index >= 15 is 0 Å². The first-order valence-electron chi connectivity index (χ1n) is 42.4. The standard InChI is InChI=1S/C85H164O8/c1-6-10-14-18-22-26-30-34-38-41-45-49-53-57-61-65-69-73-81(86)90-76-85(77-91-82(87)74-70-66-62-58-54-50-46-42-39-35-31-27-23-19-15-11-7-2,78-92-83(88)75-71-67-63-59-55-51-47-43-40-36-32-28-24-20-16-12-8-3)79-93-84(89)80(5)72-68-64-60-56-52-48-44-37-33-29-25-21-17-13-9-4/h80H,6-79H2,1-5H3. The number of rotatable bonds is 79. The highest BCUT2D eigenvalue weighted by Crippen LogP contribution is 2.26. The lowest BCUT2D eigenvalue weighted by Gasteiger charge is -2.32. The summed E-state index contributed by atoms with van der Waals surface area (Å²) in [5.74, 6) is -1.59. The number of carbonyl (C=O) groups is 4. The molecule has 0 aromatic carbocycles. The van der Waals surface area contributed by atoms with Crippen molar-refractivity contribution in [2.45, 2.75) is 484 Å². The quantitative estimate of drug-likeness (QED) is 0.0337. The maximum atomic E-state index is 13.8. The Bertz CT molecular complexity index is 1400. The third-order valence-corrected chi connectivity index (χ3v) is 20.2. The number of hydrogen-bond donors (Lipinski definition) is 0. The van der Waals surface area contributed by atoms with Crippen molar-refractivity contribution in [2.75, 3.05) is 26.4 Å². The summed E-state index contributed by atoms with van der Waals surface area (Å²) in [4.78, 5) is 54.3. The Kier molecular flexibility index (Phi) is 73.9. The van der Waals surface area contributed by atoms with Gasteiger partial charge in [0.1, 0.15) is 31.8 Å². The first-order chi connectivity index (χ1) is 45.7. The molecule has 0 aliphatic heterocycles. The molecule has 0 bridgehead atoms. The lowest BCUT2D eigenvalue weighted by molar-refractivity contribution is -0.172. The Labute approximate surface area is 580 Å². The van der Waals surface area contributed by atoms with Crippen molar-refractivity contribution in [3.05, 3.63) is 0 Å². The molecule has 0 spiro atoms. The molecule has 0 fully saturated rings. The fourth-order valence-corrected chi connectivity index (χ4v) is 13.5. The molecule has 0 aliphatic carbocycles. The zero-order valence-electron chi connectivity index (χ0n) is 63.7. The number of ether oxygens (including phenoxy) is 4. The SMILES string of the molecule is CCCCCCCCCCCCCCCCCCCC(=O)OCC(COC(=O)CCCCCCCCCCCCCCCCCCC)(COC(=O)CCCCCCCCCCCCCCCCCCC)COC(=O)C(C)CCCCCCCCCCCCCCCCC. The van der Waals surface area contributed by atoms with E-state index in [4.69, 9.17) is 18.9 Å². The molecule has 0 N–H and O–H groups in total. The zero-order chi connectivity index (χ0) is 67.5. The van der Waals surface area contributed by atoms with E-state index in [1.165, 1.54) is 353 Å². The summed E-state index contributed by atoms with van der Waals surface area (Å²) < 4.78 is 24.2. The van der Waals surface area contributed by atoms with Gasteiger partial charge >= 0.3 is 23.9 Å². The van der Waals surface area contributed by atoms with Gasteiger partial charge in [0.2, 0.25) is 0 Å². The van der Waals surface area contributed by atoms with Crippen LogP contribution >= 0.6 is 0 Å². The molecule has 1 unspecified atom stereocenters. The van der Waals surface area contributed by atoms with E-state index in [2.05, 4.69) is 27.7 Å². The van der Waals surface area contributed by atoms with Gasteiger partial charge in [-0.05, 0) is 25.7 Å². The fourth-order valence-electron chi connectivity index (χ4n) is 13.5. The van der Waals surface area contributed by atoms with Gasteiger partial charge in [-0.15, -0.1) is 0 Å². The molecule has 93 heavy (non-hydrogen) atoms. The zero-order valence-corrected chi connectivity index (χ0v) is 63.7. The van der Waals surface area contributed by atoms with Crippen molar-refractivity contribution in [1.29, 1.82) is 0 Å². The van der Waals surface area contributed by atoms with Gasteiger partial charge < -0.3 is 18.9 Å². The van der Waals surface area contributed by atoms with Crippen LogP contribution in [0.3, 0.4) is 0 Å². The third kappa shape index (κ3) is 69.6. The predicted molar refractivity (Wildman–Crippen MR) is 401 cm³/mol. The van der Waals surface area contributed by atoms with Crippen LogP contribution in [0.1, 0.15) is 484 Å². The molecule has 0 rings (SSSR count).